The van der Waals surface area contributed by atoms with Gasteiger partial charge in [-0.05, 0) is 23.6 Å². The maximum absolute atomic E-state index is 12.6. The first kappa shape index (κ1) is 15.7. The first-order valence-corrected chi connectivity index (χ1v) is 9.23. The van der Waals surface area contributed by atoms with E-state index in [2.05, 4.69) is 27.4 Å². The number of pyridine rings is 1. The second kappa shape index (κ2) is 7.01. The fourth-order valence-electron chi connectivity index (χ4n) is 3.57. The Morgan fingerprint density at radius 2 is 2.12 bits per heavy atom. The highest BCUT2D eigenvalue weighted by molar-refractivity contribution is 7.09. The minimum absolute atomic E-state index is 0.0823. The van der Waals surface area contributed by atoms with Crippen LogP contribution in [0.2, 0.25) is 0 Å². The Morgan fingerprint density at radius 1 is 1.25 bits per heavy atom. The van der Waals surface area contributed by atoms with Gasteiger partial charge in [-0.2, -0.15) is 0 Å². The van der Waals surface area contributed by atoms with E-state index in [-0.39, 0.29) is 12.0 Å². The second-order valence-electron chi connectivity index (χ2n) is 6.43. The number of carbonyl (C=O) groups is 1. The zero-order valence-corrected chi connectivity index (χ0v) is 14.3. The number of likely N-dealkylation sites (tertiary alicyclic amines) is 1. The van der Waals surface area contributed by atoms with Crippen LogP contribution in [0.4, 0.5) is 0 Å². The molecule has 0 bridgehead atoms. The standard InChI is InChI=1S/C18H21N3O2S/c22-18(14-3-5-19-6-4-14)21-11-15-10-20(7-8-23-17(15)13-21)12-16-2-1-9-24-16/h1-6,9,15,17H,7-8,10-13H2/t15-,17+/m1/s1. The number of amides is 1. The number of thiophene rings is 1. The van der Waals surface area contributed by atoms with Crippen LogP contribution in [0.15, 0.2) is 42.0 Å². The summed E-state index contributed by atoms with van der Waals surface area (Å²) in [5, 5.41) is 2.12. The molecule has 0 N–H and O–H groups in total. The van der Waals surface area contributed by atoms with Gasteiger partial charge in [-0.15, -0.1) is 11.3 Å². The molecule has 4 heterocycles. The smallest absolute Gasteiger partial charge is 0.254 e. The summed E-state index contributed by atoms with van der Waals surface area (Å²) in [6, 6.07) is 7.84. The lowest BCUT2D eigenvalue weighted by Crippen LogP contribution is -2.33. The van der Waals surface area contributed by atoms with E-state index in [9.17, 15) is 4.79 Å². The molecule has 0 saturated carbocycles. The summed E-state index contributed by atoms with van der Waals surface area (Å²) in [6.07, 6.45) is 3.49. The van der Waals surface area contributed by atoms with Gasteiger partial charge in [-0.1, -0.05) is 6.07 Å². The fraction of sp³-hybridized carbons (Fsp3) is 0.444. The molecular formula is C18H21N3O2S. The topological polar surface area (TPSA) is 45.7 Å². The summed E-state index contributed by atoms with van der Waals surface area (Å²) in [7, 11) is 0. The van der Waals surface area contributed by atoms with Crippen molar-refractivity contribution in [1.82, 2.24) is 14.8 Å². The van der Waals surface area contributed by atoms with Gasteiger partial charge < -0.3 is 9.64 Å². The van der Waals surface area contributed by atoms with Crippen LogP contribution < -0.4 is 0 Å². The van der Waals surface area contributed by atoms with E-state index in [1.54, 1.807) is 35.9 Å². The van der Waals surface area contributed by atoms with Crippen LogP contribution >= 0.6 is 11.3 Å². The maximum Gasteiger partial charge on any atom is 0.254 e. The molecule has 0 aromatic carbocycles. The average molecular weight is 343 g/mol. The second-order valence-corrected chi connectivity index (χ2v) is 7.46. The SMILES string of the molecule is O=C(c1ccncc1)N1C[C@H]2CN(Cc3cccs3)CCO[C@H]2C1. The van der Waals surface area contributed by atoms with Crippen LogP contribution in [0.25, 0.3) is 0 Å². The molecule has 1 amide bonds. The molecule has 0 radical (unpaired) electrons. The van der Waals surface area contributed by atoms with Crippen LogP contribution in [-0.4, -0.2) is 59.6 Å². The van der Waals surface area contributed by atoms with E-state index >= 15 is 0 Å². The zero-order valence-electron chi connectivity index (χ0n) is 13.5. The van der Waals surface area contributed by atoms with Gasteiger partial charge in [0.05, 0.1) is 12.7 Å². The predicted octanol–water partition coefficient (Wildman–Crippen LogP) is 2.12. The minimum Gasteiger partial charge on any atom is -0.375 e. The number of fused-ring (bicyclic) bond motifs is 1. The van der Waals surface area contributed by atoms with Crippen molar-refractivity contribution in [2.45, 2.75) is 12.6 Å². The number of aromatic nitrogens is 1. The molecule has 2 atom stereocenters. The molecule has 2 aromatic rings. The summed E-state index contributed by atoms with van der Waals surface area (Å²) in [6.45, 7) is 5.13. The van der Waals surface area contributed by atoms with Gasteiger partial charge in [0, 0.05) is 61.5 Å². The Hall–Kier alpha value is -1.76. The molecule has 2 aromatic heterocycles. The molecule has 24 heavy (non-hydrogen) atoms. The molecule has 2 aliphatic heterocycles. The first-order chi connectivity index (χ1) is 11.8. The van der Waals surface area contributed by atoms with E-state index in [0.29, 0.717) is 18.0 Å². The molecule has 2 saturated heterocycles. The molecule has 4 rings (SSSR count). The summed E-state index contributed by atoms with van der Waals surface area (Å²) in [5.41, 5.74) is 0.705. The van der Waals surface area contributed by atoms with Crippen molar-refractivity contribution in [3.63, 3.8) is 0 Å². The van der Waals surface area contributed by atoms with Crippen molar-refractivity contribution >= 4 is 17.2 Å². The van der Waals surface area contributed by atoms with Gasteiger partial charge >= 0.3 is 0 Å². The highest BCUT2D eigenvalue weighted by Crippen LogP contribution is 2.26. The predicted molar refractivity (Wildman–Crippen MR) is 93.0 cm³/mol. The molecular weight excluding hydrogens is 322 g/mol. The average Bonchev–Trinajstić information content (AvgIpc) is 3.22. The maximum atomic E-state index is 12.6. The molecule has 2 fully saturated rings. The minimum atomic E-state index is 0.0823. The Bertz CT molecular complexity index is 677. The lowest BCUT2D eigenvalue weighted by atomic mass is 10.1. The Labute approximate surface area is 145 Å². The highest BCUT2D eigenvalue weighted by Gasteiger charge is 2.38. The van der Waals surface area contributed by atoms with Crippen molar-refractivity contribution in [1.29, 1.82) is 0 Å². The molecule has 6 heteroatoms. The molecule has 0 spiro atoms. The Morgan fingerprint density at radius 3 is 2.92 bits per heavy atom. The number of rotatable bonds is 3. The van der Waals surface area contributed by atoms with Crippen molar-refractivity contribution in [3.8, 4) is 0 Å². The van der Waals surface area contributed by atoms with E-state index in [1.165, 1.54) is 4.88 Å². The van der Waals surface area contributed by atoms with Crippen LogP contribution in [0, 0.1) is 5.92 Å². The molecule has 126 valence electrons. The van der Waals surface area contributed by atoms with Crippen molar-refractivity contribution in [3.05, 3.63) is 52.5 Å². The monoisotopic (exact) mass is 343 g/mol. The lowest BCUT2D eigenvalue weighted by Gasteiger charge is -2.22. The van der Waals surface area contributed by atoms with Crippen molar-refractivity contribution < 1.29 is 9.53 Å². The molecule has 0 aliphatic carbocycles. The zero-order chi connectivity index (χ0) is 16.4. The third-order valence-electron chi connectivity index (χ3n) is 4.79. The highest BCUT2D eigenvalue weighted by atomic mass is 32.1. The summed E-state index contributed by atoms with van der Waals surface area (Å²) in [5.74, 6) is 0.470. The van der Waals surface area contributed by atoms with Gasteiger partial charge in [0.1, 0.15) is 0 Å². The van der Waals surface area contributed by atoms with Crippen LogP contribution in [0.1, 0.15) is 15.2 Å². The number of nitrogens with zero attached hydrogens (tertiary/aromatic N) is 3. The third kappa shape index (κ3) is 3.36. The largest absolute Gasteiger partial charge is 0.375 e. The normalized spacial score (nSPS) is 24.6. The first-order valence-electron chi connectivity index (χ1n) is 8.35. The third-order valence-corrected chi connectivity index (χ3v) is 5.65. The van der Waals surface area contributed by atoms with Crippen LogP contribution in [0.5, 0.6) is 0 Å². The molecule has 2 aliphatic rings. The van der Waals surface area contributed by atoms with Crippen molar-refractivity contribution in [2.24, 2.45) is 5.92 Å². The van der Waals surface area contributed by atoms with Crippen LogP contribution in [-0.2, 0) is 11.3 Å². The van der Waals surface area contributed by atoms with E-state index in [1.807, 2.05) is 4.90 Å². The summed E-state index contributed by atoms with van der Waals surface area (Å²) in [4.78, 5) is 22.4. The molecule has 5 nitrogen and oxygen atoms in total. The number of hydrogen-bond donors (Lipinski definition) is 0. The number of ether oxygens (including phenoxy) is 1. The quantitative estimate of drug-likeness (QED) is 0.856. The fourth-order valence-corrected chi connectivity index (χ4v) is 4.32. The molecule has 0 unspecified atom stereocenters. The van der Waals surface area contributed by atoms with E-state index < -0.39 is 0 Å². The van der Waals surface area contributed by atoms with Gasteiger partial charge in [0.15, 0.2) is 0 Å². The Balaban J connectivity index is 1.41. The van der Waals surface area contributed by atoms with E-state index in [0.717, 1.165) is 32.8 Å². The summed E-state index contributed by atoms with van der Waals surface area (Å²) >= 11 is 1.80. The van der Waals surface area contributed by atoms with Gasteiger partial charge in [0.2, 0.25) is 0 Å². The number of carbonyl (C=O) groups excluding carboxylic acids is 1. The van der Waals surface area contributed by atoms with Gasteiger partial charge in [-0.25, -0.2) is 0 Å². The van der Waals surface area contributed by atoms with E-state index in [4.69, 9.17) is 4.74 Å². The Kier molecular flexibility index (Phi) is 4.60. The summed E-state index contributed by atoms with van der Waals surface area (Å²) < 4.78 is 6.05. The number of hydrogen-bond acceptors (Lipinski definition) is 5. The van der Waals surface area contributed by atoms with Crippen LogP contribution in [0.3, 0.4) is 0 Å². The van der Waals surface area contributed by atoms with Gasteiger partial charge in [0.25, 0.3) is 5.91 Å². The van der Waals surface area contributed by atoms with Gasteiger partial charge in [-0.3, -0.25) is 14.7 Å². The van der Waals surface area contributed by atoms with Crippen molar-refractivity contribution in [2.75, 3.05) is 32.8 Å². The lowest BCUT2D eigenvalue weighted by molar-refractivity contribution is 0.0483.